The molecule has 20 heavy (non-hydrogen) atoms. The van der Waals surface area contributed by atoms with Crippen molar-refractivity contribution in [2.45, 2.75) is 44.8 Å². The molecule has 0 atom stereocenters. The number of nitrogens with one attached hydrogen (secondary N) is 1. The summed E-state index contributed by atoms with van der Waals surface area (Å²) in [7, 11) is -3.43. The van der Waals surface area contributed by atoms with Crippen LogP contribution in [-0.2, 0) is 21.1 Å². The summed E-state index contributed by atoms with van der Waals surface area (Å²) in [5, 5.41) is 9.67. The Morgan fingerprint density at radius 2 is 1.95 bits per heavy atom. The maximum absolute atomic E-state index is 11.3. The normalized spacial score (nSPS) is 11.8. The van der Waals surface area contributed by atoms with Gasteiger partial charge in [0.2, 0.25) is 21.6 Å². The number of unbranched alkanes of at least 4 members (excludes halogenated alkanes) is 2. The van der Waals surface area contributed by atoms with Crippen LogP contribution in [0.2, 0.25) is 0 Å². The second-order valence-electron chi connectivity index (χ2n) is 4.99. The summed E-state index contributed by atoms with van der Waals surface area (Å²) in [6.45, 7) is 4.35. The topological polar surface area (TPSA) is 102 Å². The summed E-state index contributed by atoms with van der Waals surface area (Å²) < 4.78 is 27.3. The van der Waals surface area contributed by atoms with Crippen molar-refractivity contribution in [3.8, 4) is 0 Å². The Kier molecular flexibility index (Phi) is 6.12. The van der Waals surface area contributed by atoms with Crippen molar-refractivity contribution in [2.75, 3.05) is 12.8 Å². The van der Waals surface area contributed by atoms with Crippen molar-refractivity contribution in [3.63, 3.8) is 0 Å². The van der Waals surface area contributed by atoms with E-state index in [1.165, 1.54) is 0 Å². The zero-order chi connectivity index (χ0) is 15.2. The fourth-order valence-corrected chi connectivity index (χ4v) is 1.92. The van der Waals surface area contributed by atoms with Crippen LogP contribution >= 0.6 is 0 Å². The minimum Gasteiger partial charge on any atom is -0.413 e. The lowest BCUT2D eigenvalue weighted by atomic mass is 10.2. The predicted octanol–water partition coefficient (Wildman–Crippen LogP) is 0.958. The van der Waals surface area contributed by atoms with Crippen LogP contribution in [0.3, 0.4) is 0 Å². The van der Waals surface area contributed by atoms with E-state index < -0.39 is 9.84 Å². The van der Waals surface area contributed by atoms with Crippen LogP contribution in [0.15, 0.2) is 9.64 Å². The molecule has 0 bridgehead atoms. The summed E-state index contributed by atoms with van der Waals surface area (Å²) in [6, 6.07) is 0. The monoisotopic (exact) mass is 303 g/mol. The van der Waals surface area contributed by atoms with E-state index in [-0.39, 0.29) is 17.0 Å². The smallest absolute Gasteiger partial charge is 0.335 e. The Bertz CT molecular complexity index is 537. The molecule has 8 heteroatoms. The van der Waals surface area contributed by atoms with Crippen LogP contribution in [0.25, 0.3) is 0 Å². The average Bonchev–Trinajstić information content (AvgIpc) is 2.81. The predicted molar refractivity (Wildman–Crippen MR) is 72.8 cm³/mol. The molecule has 1 aromatic rings. The van der Waals surface area contributed by atoms with Crippen molar-refractivity contribution in [3.05, 3.63) is 5.89 Å². The van der Waals surface area contributed by atoms with Crippen molar-refractivity contribution in [2.24, 2.45) is 5.92 Å². The van der Waals surface area contributed by atoms with Crippen molar-refractivity contribution < 1.29 is 17.6 Å². The maximum atomic E-state index is 11.3. The van der Waals surface area contributed by atoms with Gasteiger partial charge in [0.1, 0.15) is 0 Å². The maximum Gasteiger partial charge on any atom is 0.335 e. The highest BCUT2D eigenvalue weighted by Crippen LogP contribution is 2.09. The summed E-state index contributed by atoms with van der Waals surface area (Å²) in [5.41, 5.74) is 0. The number of aromatic nitrogens is 2. The van der Waals surface area contributed by atoms with Gasteiger partial charge in [-0.2, -0.15) is 0 Å². The van der Waals surface area contributed by atoms with Crippen molar-refractivity contribution in [1.29, 1.82) is 0 Å². The summed E-state index contributed by atoms with van der Waals surface area (Å²) in [5.74, 6) is 0.388. The number of hydrogen-bond donors (Lipinski definition) is 1. The third-order valence-corrected chi connectivity index (χ3v) is 3.46. The third-order valence-electron chi connectivity index (χ3n) is 2.66. The van der Waals surface area contributed by atoms with Gasteiger partial charge in [0.15, 0.2) is 0 Å². The molecular weight excluding hydrogens is 282 g/mol. The standard InChI is InChI=1S/C12H21N3O4S/c1-9(2)11(16)13-8-6-4-5-7-10-14-15-12(19-10)20(3,17)18/h9H,4-8H2,1-3H3,(H,13,16). The van der Waals surface area contributed by atoms with Gasteiger partial charge in [0.05, 0.1) is 0 Å². The highest BCUT2D eigenvalue weighted by atomic mass is 32.2. The fraction of sp³-hybridized carbons (Fsp3) is 0.750. The number of rotatable bonds is 8. The first-order valence-corrected chi connectivity index (χ1v) is 8.50. The van der Waals surface area contributed by atoms with Gasteiger partial charge in [-0.3, -0.25) is 4.79 Å². The average molecular weight is 303 g/mol. The van der Waals surface area contributed by atoms with E-state index in [0.717, 1.165) is 25.5 Å². The molecule has 0 aliphatic heterocycles. The molecule has 1 aromatic heterocycles. The van der Waals surface area contributed by atoms with E-state index >= 15 is 0 Å². The summed E-state index contributed by atoms with van der Waals surface area (Å²) in [4.78, 5) is 11.3. The van der Waals surface area contributed by atoms with E-state index in [4.69, 9.17) is 4.42 Å². The fourth-order valence-electron chi connectivity index (χ4n) is 1.48. The molecule has 114 valence electrons. The molecular formula is C12H21N3O4S. The molecule has 7 nitrogen and oxygen atoms in total. The Balaban J connectivity index is 2.19. The highest BCUT2D eigenvalue weighted by molar-refractivity contribution is 7.90. The molecule has 0 aliphatic carbocycles. The Morgan fingerprint density at radius 3 is 2.50 bits per heavy atom. The lowest BCUT2D eigenvalue weighted by molar-refractivity contribution is -0.123. The molecule has 0 aromatic carbocycles. The van der Waals surface area contributed by atoms with E-state index in [1.54, 1.807) is 0 Å². The quantitative estimate of drug-likeness (QED) is 0.718. The van der Waals surface area contributed by atoms with E-state index in [0.29, 0.717) is 18.9 Å². The molecule has 0 fully saturated rings. The van der Waals surface area contributed by atoms with Crippen LogP contribution < -0.4 is 5.32 Å². The van der Waals surface area contributed by atoms with Gasteiger partial charge in [-0.25, -0.2) is 8.42 Å². The van der Waals surface area contributed by atoms with Crippen LogP contribution in [-0.4, -0.2) is 37.3 Å². The number of hydrogen-bond acceptors (Lipinski definition) is 6. The van der Waals surface area contributed by atoms with Crippen molar-refractivity contribution >= 4 is 15.7 Å². The number of carbonyl (C=O) groups excluding carboxylic acids is 1. The van der Waals surface area contributed by atoms with Crippen LogP contribution in [0.5, 0.6) is 0 Å². The number of nitrogens with zero attached hydrogens (tertiary/aromatic N) is 2. The molecule has 1 heterocycles. The highest BCUT2D eigenvalue weighted by Gasteiger charge is 2.15. The molecule has 0 saturated carbocycles. The first-order chi connectivity index (χ1) is 9.30. The molecule has 0 radical (unpaired) electrons. The largest absolute Gasteiger partial charge is 0.413 e. The lowest BCUT2D eigenvalue weighted by Gasteiger charge is -2.06. The SMILES string of the molecule is CC(C)C(=O)NCCCCCc1nnc(S(C)(=O)=O)o1. The summed E-state index contributed by atoms with van der Waals surface area (Å²) in [6.07, 6.45) is 4.14. The van der Waals surface area contributed by atoms with Crippen LogP contribution in [0.4, 0.5) is 0 Å². The first-order valence-electron chi connectivity index (χ1n) is 6.61. The van der Waals surface area contributed by atoms with E-state index in [1.807, 2.05) is 13.8 Å². The lowest BCUT2D eigenvalue weighted by Crippen LogP contribution is -2.28. The zero-order valence-corrected chi connectivity index (χ0v) is 12.9. The Hall–Kier alpha value is -1.44. The zero-order valence-electron chi connectivity index (χ0n) is 12.0. The number of aryl methyl sites for hydroxylation is 1. The minimum atomic E-state index is -3.43. The van der Waals surface area contributed by atoms with E-state index in [2.05, 4.69) is 15.5 Å². The molecule has 0 aliphatic rings. The second-order valence-corrected chi connectivity index (χ2v) is 6.88. The molecule has 0 spiro atoms. The Labute approximate surface area is 119 Å². The molecule has 0 unspecified atom stereocenters. The van der Waals surface area contributed by atoms with Gasteiger partial charge >= 0.3 is 5.22 Å². The van der Waals surface area contributed by atoms with Crippen LogP contribution in [0.1, 0.15) is 39.0 Å². The minimum absolute atomic E-state index is 0.00260. The second kappa shape index (κ2) is 7.37. The first kappa shape index (κ1) is 16.6. The molecule has 0 saturated heterocycles. The number of carbonyl (C=O) groups is 1. The van der Waals surface area contributed by atoms with Gasteiger partial charge in [0.25, 0.3) is 0 Å². The number of sulfone groups is 1. The number of amides is 1. The molecule has 1 N–H and O–H groups in total. The van der Waals surface area contributed by atoms with Gasteiger partial charge in [-0.1, -0.05) is 25.4 Å². The van der Waals surface area contributed by atoms with Gasteiger partial charge in [-0.05, 0) is 12.8 Å². The van der Waals surface area contributed by atoms with E-state index in [9.17, 15) is 13.2 Å². The molecule has 1 rings (SSSR count). The Morgan fingerprint density at radius 1 is 1.25 bits per heavy atom. The third kappa shape index (κ3) is 5.68. The molecule has 1 amide bonds. The summed E-state index contributed by atoms with van der Waals surface area (Å²) >= 11 is 0. The van der Waals surface area contributed by atoms with Crippen LogP contribution in [0, 0.1) is 5.92 Å². The van der Waals surface area contributed by atoms with Crippen molar-refractivity contribution in [1.82, 2.24) is 15.5 Å². The van der Waals surface area contributed by atoms with Gasteiger partial charge in [-0.15, -0.1) is 5.10 Å². The van der Waals surface area contributed by atoms with Gasteiger partial charge < -0.3 is 9.73 Å². The van der Waals surface area contributed by atoms with Gasteiger partial charge in [0, 0.05) is 25.1 Å².